The topological polar surface area (TPSA) is 58.6 Å². The van der Waals surface area contributed by atoms with Crippen molar-refractivity contribution in [2.24, 2.45) is 0 Å². The Bertz CT molecular complexity index is 299. The summed E-state index contributed by atoms with van der Waals surface area (Å²) >= 11 is 0. The van der Waals surface area contributed by atoms with Gasteiger partial charge in [0.2, 0.25) is 0 Å². The molecule has 0 atom stereocenters. The molecule has 13 heavy (non-hydrogen) atoms. The van der Waals surface area contributed by atoms with Crippen molar-refractivity contribution in [3.05, 3.63) is 29.8 Å². The maximum atomic E-state index is 10.5. The molecular formula is C9H11NO3. The molecule has 0 aliphatic rings. The SMILES string of the molecule is CONc1ccccc1CC(=O)O. The van der Waals surface area contributed by atoms with E-state index >= 15 is 0 Å². The summed E-state index contributed by atoms with van der Waals surface area (Å²) in [6.45, 7) is 0. The molecule has 4 heteroatoms. The van der Waals surface area contributed by atoms with Crippen molar-refractivity contribution in [2.75, 3.05) is 12.6 Å². The van der Waals surface area contributed by atoms with Gasteiger partial charge in [-0.15, -0.1) is 0 Å². The first-order valence-corrected chi connectivity index (χ1v) is 3.82. The van der Waals surface area contributed by atoms with E-state index in [0.29, 0.717) is 11.3 Å². The molecule has 0 saturated heterocycles. The summed E-state index contributed by atoms with van der Waals surface area (Å²) in [5.74, 6) is -0.856. The zero-order chi connectivity index (χ0) is 9.68. The Balaban J connectivity index is 2.84. The van der Waals surface area contributed by atoms with Gasteiger partial charge in [-0.25, -0.2) is 0 Å². The van der Waals surface area contributed by atoms with Crippen LogP contribution in [0.1, 0.15) is 5.56 Å². The number of carbonyl (C=O) groups is 1. The monoisotopic (exact) mass is 181 g/mol. The third-order valence-corrected chi connectivity index (χ3v) is 1.57. The number of anilines is 1. The number of nitrogens with one attached hydrogen (secondary N) is 1. The highest BCUT2D eigenvalue weighted by atomic mass is 16.6. The summed E-state index contributed by atoms with van der Waals surface area (Å²) in [6.07, 6.45) is -0.00741. The number of aliphatic carboxylic acids is 1. The molecule has 1 aromatic carbocycles. The Labute approximate surface area is 76.1 Å². The first kappa shape index (κ1) is 9.54. The lowest BCUT2D eigenvalue weighted by molar-refractivity contribution is -0.136. The summed E-state index contributed by atoms with van der Waals surface area (Å²) in [5.41, 5.74) is 4.01. The van der Waals surface area contributed by atoms with Gasteiger partial charge < -0.3 is 5.11 Å². The minimum absolute atomic E-state index is 0.00741. The van der Waals surface area contributed by atoms with Gasteiger partial charge in [0.25, 0.3) is 0 Å². The molecule has 0 amide bonds. The zero-order valence-electron chi connectivity index (χ0n) is 7.28. The van der Waals surface area contributed by atoms with E-state index in [2.05, 4.69) is 5.48 Å². The van der Waals surface area contributed by atoms with E-state index in [4.69, 9.17) is 9.94 Å². The van der Waals surface area contributed by atoms with Crippen LogP contribution in [-0.2, 0) is 16.1 Å². The lowest BCUT2D eigenvalue weighted by atomic mass is 10.1. The van der Waals surface area contributed by atoms with Gasteiger partial charge in [0, 0.05) is 0 Å². The minimum Gasteiger partial charge on any atom is -0.481 e. The van der Waals surface area contributed by atoms with E-state index in [1.54, 1.807) is 18.2 Å². The van der Waals surface area contributed by atoms with Crippen molar-refractivity contribution in [1.29, 1.82) is 0 Å². The molecule has 0 aliphatic carbocycles. The Morgan fingerprint density at radius 3 is 2.85 bits per heavy atom. The molecular weight excluding hydrogens is 170 g/mol. The summed E-state index contributed by atoms with van der Waals surface area (Å²) in [4.78, 5) is 15.2. The molecule has 4 nitrogen and oxygen atoms in total. The van der Waals surface area contributed by atoms with Crippen LogP contribution in [0.5, 0.6) is 0 Å². The van der Waals surface area contributed by atoms with Gasteiger partial charge in [-0.2, -0.15) is 0 Å². The molecule has 1 aromatic rings. The summed E-state index contributed by atoms with van der Waals surface area (Å²) < 4.78 is 0. The third kappa shape index (κ3) is 2.76. The largest absolute Gasteiger partial charge is 0.481 e. The van der Waals surface area contributed by atoms with Gasteiger partial charge in [0.1, 0.15) is 0 Å². The summed E-state index contributed by atoms with van der Waals surface area (Å²) in [5, 5.41) is 8.59. The molecule has 0 aromatic heterocycles. The highest BCUT2D eigenvalue weighted by Gasteiger charge is 2.04. The van der Waals surface area contributed by atoms with E-state index in [1.165, 1.54) is 7.11 Å². The third-order valence-electron chi connectivity index (χ3n) is 1.57. The number of hydrogen-bond donors (Lipinski definition) is 2. The molecule has 0 spiro atoms. The van der Waals surface area contributed by atoms with Gasteiger partial charge >= 0.3 is 5.97 Å². The fourth-order valence-electron chi connectivity index (χ4n) is 1.05. The molecule has 0 fully saturated rings. The van der Waals surface area contributed by atoms with Crippen LogP contribution in [0, 0.1) is 0 Å². The van der Waals surface area contributed by atoms with E-state index < -0.39 is 5.97 Å². The van der Waals surface area contributed by atoms with E-state index in [0.717, 1.165) is 0 Å². The number of rotatable bonds is 4. The number of benzene rings is 1. The molecule has 0 heterocycles. The lowest BCUT2D eigenvalue weighted by Crippen LogP contribution is -2.05. The summed E-state index contributed by atoms with van der Waals surface area (Å²) in [7, 11) is 1.48. The van der Waals surface area contributed by atoms with Crippen LogP contribution in [0.2, 0.25) is 0 Å². The average molecular weight is 181 g/mol. The van der Waals surface area contributed by atoms with Crippen molar-refractivity contribution in [2.45, 2.75) is 6.42 Å². The van der Waals surface area contributed by atoms with E-state index in [1.807, 2.05) is 6.07 Å². The van der Waals surface area contributed by atoms with Gasteiger partial charge in [-0.3, -0.25) is 15.1 Å². The zero-order valence-corrected chi connectivity index (χ0v) is 7.28. The van der Waals surface area contributed by atoms with Crippen molar-refractivity contribution in [3.8, 4) is 0 Å². The molecule has 2 N–H and O–H groups in total. The fourth-order valence-corrected chi connectivity index (χ4v) is 1.05. The Morgan fingerprint density at radius 2 is 2.23 bits per heavy atom. The minimum atomic E-state index is -0.856. The quantitative estimate of drug-likeness (QED) is 0.687. The number of carboxylic acid groups (broad SMARTS) is 1. The van der Waals surface area contributed by atoms with Crippen LogP contribution in [0.15, 0.2) is 24.3 Å². The van der Waals surface area contributed by atoms with Gasteiger partial charge in [0.05, 0.1) is 19.2 Å². The van der Waals surface area contributed by atoms with Crippen LogP contribution in [0.4, 0.5) is 5.69 Å². The van der Waals surface area contributed by atoms with Crippen molar-refractivity contribution < 1.29 is 14.7 Å². The molecule has 0 unspecified atom stereocenters. The predicted octanol–water partition coefficient (Wildman–Crippen LogP) is 1.29. The Hall–Kier alpha value is -1.55. The number of carboxylic acids is 1. The van der Waals surface area contributed by atoms with Crippen LogP contribution in [0.25, 0.3) is 0 Å². The van der Waals surface area contributed by atoms with Crippen LogP contribution < -0.4 is 5.48 Å². The molecule has 0 saturated carbocycles. The Kier molecular flexibility index (Phi) is 3.28. The van der Waals surface area contributed by atoms with Crippen LogP contribution in [0.3, 0.4) is 0 Å². The van der Waals surface area contributed by atoms with Crippen molar-refractivity contribution in [1.82, 2.24) is 0 Å². The second-order valence-corrected chi connectivity index (χ2v) is 2.53. The van der Waals surface area contributed by atoms with Crippen LogP contribution >= 0.6 is 0 Å². The molecule has 70 valence electrons. The van der Waals surface area contributed by atoms with Gasteiger partial charge in [-0.05, 0) is 11.6 Å². The molecule has 1 rings (SSSR count). The van der Waals surface area contributed by atoms with E-state index in [9.17, 15) is 4.79 Å². The molecule has 0 radical (unpaired) electrons. The van der Waals surface area contributed by atoms with Gasteiger partial charge in [-0.1, -0.05) is 18.2 Å². The first-order valence-electron chi connectivity index (χ1n) is 3.82. The van der Waals surface area contributed by atoms with Crippen molar-refractivity contribution in [3.63, 3.8) is 0 Å². The maximum Gasteiger partial charge on any atom is 0.307 e. The smallest absolute Gasteiger partial charge is 0.307 e. The second kappa shape index (κ2) is 4.47. The highest BCUT2D eigenvalue weighted by molar-refractivity contribution is 5.73. The van der Waals surface area contributed by atoms with Gasteiger partial charge in [0.15, 0.2) is 0 Å². The predicted molar refractivity (Wildman–Crippen MR) is 48.4 cm³/mol. The number of para-hydroxylation sites is 1. The second-order valence-electron chi connectivity index (χ2n) is 2.53. The lowest BCUT2D eigenvalue weighted by Gasteiger charge is -2.07. The standard InChI is InChI=1S/C9H11NO3/c1-13-10-8-5-3-2-4-7(8)6-9(11)12/h2-5,10H,6H2,1H3,(H,11,12). The van der Waals surface area contributed by atoms with Crippen LogP contribution in [-0.4, -0.2) is 18.2 Å². The highest BCUT2D eigenvalue weighted by Crippen LogP contribution is 2.15. The fraction of sp³-hybridized carbons (Fsp3) is 0.222. The summed E-state index contributed by atoms with van der Waals surface area (Å²) in [6, 6.07) is 7.11. The normalized spacial score (nSPS) is 9.62. The molecule has 0 bridgehead atoms. The van der Waals surface area contributed by atoms with E-state index in [-0.39, 0.29) is 6.42 Å². The first-order chi connectivity index (χ1) is 6.24. The van der Waals surface area contributed by atoms with Crippen molar-refractivity contribution >= 4 is 11.7 Å². The average Bonchev–Trinajstić information content (AvgIpc) is 2.08. The Morgan fingerprint density at radius 1 is 1.54 bits per heavy atom. The number of hydrogen-bond acceptors (Lipinski definition) is 3. The maximum absolute atomic E-state index is 10.5. The molecule has 0 aliphatic heterocycles.